The highest BCUT2D eigenvalue weighted by atomic mass is 35.5. The maximum Gasteiger partial charge on any atom is 0.253 e. The van der Waals surface area contributed by atoms with Crippen LogP contribution in [0.15, 0.2) is 12.3 Å². The predicted octanol–water partition coefficient (Wildman–Crippen LogP) is 1.60. The first kappa shape index (κ1) is 14.1. The van der Waals surface area contributed by atoms with Crippen LogP contribution in [-0.2, 0) is 0 Å². The summed E-state index contributed by atoms with van der Waals surface area (Å²) in [5.74, 6) is 0.511. The molecule has 1 amide bonds. The number of nitrogens with one attached hydrogen (secondary N) is 2. The molecule has 0 aromatic carbocycles. The first-order chi connectivity index (χ1) is 9.10. The molecule has 1 aliphatic heterocycles. The number of hydrogen-bond acceptors (Lipinski definition) is 4. The van der Waals surface area contributed by atoms with Crippen molar-refractivity contribution in [3.63, 3.8) is 0 Å². The van der Waals surface area contributed by atoms with Crippen LogP contribution in [-0.4, -0.2) is 49.0 Å². The summed E-state index contributed by atoms with van der Waals surface area (Å²) < 4.78 is 0. The minimum atomic E-state index is -0.126. The average molecular weight is 283 g/mol. The monoisotopic (exact) mass is 282 g/mol. The summed E-state index contributed by atoms with van der Waals surface area (Å²) in [6.07, 6.45) is 3.45. The van der Waals surface area contributed by atoms with Gasteiger partial charge in [0.25, 0.3) is 5.91 Å². The lowest BCUT2D eigenvalue weighted by Crippen LogP contribution is -2.43. The van der Waals surface area contributed by atoms with Gasteiger partial charge in [-0.2, -0.15) is 0 Å². The summed E-state index contributed by atoms with van der Waals surface area (Å²) in [4.78, 5) is 18.6. The van der Waals surface area contributed by atoms with Crippen molar-refractivity contribution >= 4 is 23.3 Å². The summed E-state index contributed by atoms with van der Waals surface area (Å²) in [5.41, 5.74) is 0.472. The van der Waals surface area contributed by atoms with Gasteiger partial charge in [-0.3, -0.25) is 4.79 Å². The van der Waals surface area contributed by atoms with Gasteiger partial charge in [0.1, 0.15) is 5.82 Å². The Morgan fingerprint density at radius 2 is 2.16 bits per heavy atom. The van der Waals surface area contributed by atoms with Gasteiger partial charge < -0.3 is 15.5 Å². The normalized spacial score (nSPS) is 17.2. The van der Waals surface area contributed by atoms with Crippen LogP contribution >= 0.6 is 11.6 Å². The molecule has 0 aliphatic carbocycles. The third kappa shape index (κ3) is 3.58. The molecule has 0 saturated carbocycles. The molecule has 1 fully saturated rings. The third-order valence-corrected chi connectivity index (χ3v) is 3.71. The summed E-state index contributed by atoms with van der Waals surface area (Å²) in [6, 6.07) is 1.90. The van der Waals surface area contributed by atoms with Gasteiger partial charge in [0.15, 0.2) is 0 Å². The van der Waals surface area contributed by atoms with Crippen molar-refractivity contribution in [2.24, 2.45) is 0 Å². The van der Waals surface area contributed by atoms with Crippen molar-refractivity contribution in [3.05, 3.63) is 22.8 Å². The van der Waals surface area contributed by atoms with Crippen LogP contribution in [0, 0.1) is 0 Å². The Balaban J connectivity index is 2.03. The first-order valence-electron chi connectivity index (χ1n) is 6.43. The van der Waals surface area contributed by atoms with E-state index in [0.717, 1.165) is 25.9 Å². The van der Waals surface area contributed by atoms with Gasteiger partial charge in [-0.1, -0.05) is 11.6 Å². The van der Waals surface area contributed by atoms with E-state index in [0.29, 0.717) is 16.4 Å². The molecule has 0 radical (unpaired) electrons. The molecule has 6 heteroatoms. The fourth-order valence-corrected chi connectivity index (χ4v) is 2.35. The number of carbonyl (C=O) groups is 1. The zero-order valence-corrected chi connectivity index (χ0v) is 12.0. The fraction of sp³-hybridized carbons (Fsp3) is 0.538. The fourth-order valence-electron chi connectivity index (χ4n) is 2.17. The number of rotatable bonds is 3. The van der Waals surface area contributed by atoms with Crippen LogP contribution in [0.5, 0.6) is 0 Å². The van der Waals surface area contributed by atoms with Gasteiger partial charge in [-0.25, -0.2) is 4.98 Å². The van der Waals surface area contributed by atoms with E-state index in [1.54, 1.807) is 13.1 Å². The molecule has 0 spiro atoms. The van der Waals surface area contributed by atoms with Crippen LogP contribution in [0.3, 0.4) is 0 Å². The average Bonchev–Trinajstić information content (AvgIpc) is 2.42. The maximum absolute atomic E-state index is 12.2. The minimum absolute atomic E-state index is 0.126. The molecule has 0 unspecified atom stereocenters. The Kier molecular flexibility index (Phi) is 4.61. The van der Waals surface area contributed by atoms with Crippen LogP contribution in [0.1, 0.15) is 23.2 Å². The molecule has 5 nitrogen and oxygen atoms in total. The number of piperidine rings is 1. The van der Waals surface area contributed by atoms with E-state index in [2.05, 4.69) is 27.6 Å². The van der Waals surface area contributed by atoms with Gasteiger partial charge in [-0.05, 0) is 39.0 Å². The van der Waals surface area contributed by atoms with Crippen LogP contribution in [0.25, 0.3) is 0 Å². The molecule has 0 atom stereocenters. The van der Waals surface area contributed by atoms with Crippen molar-refractivity contribution in [2.75, 3.05) is 32.5 Å². The highest BCUT2D eigenvalue weighted by molar-refractivity contribution is 6.33. The number of hydrogen-bond donors (Lipinski definition) is 2. The zero-order valence-electron chi connectivity index (χ0n) is 11.2. The standard InChI is InChI=1S/C13H19ClN4O/c1-15-12-7-10(11(14)8-16-12)13(19)17-9-3-5-18(2)6-4-9/h7-9H,3-6H2,1-2H3,(H,15,16)(H,17,19). The number of carbonyl (C=O) groups excluding carboxylic acids is 1. The molecule has 2 rings (SSSR count). The quantitative estimate of drug-likeness (QED) is 0.884. The van der Waals surface area contributed by atoms with E-state index < -0.39 is 0 Å². The smallest absolute Gasteiger partial charge is 0.253 e. The van der Waals surface area contributed by atoms with Crippen molar-refractivity contribution < 1.29 is 4.79 Å². The van der Waals surface area contributed by atoms with Gasteiger partial charge >= 0.3 is 0 Å². The Morgan fingerprint density at radius 1 is 1.47 bits per heavy atom. The summed E-state index contributed by atoms with van der Waals surface area (Å²) in [5, 5.41) is 6.32. The third-order valence-electron chi connectivity index (χ3n) is 3.41. The van der Waals surface area contributed by atoms with Crippen molar-refractivity contribution in [2.45, 2.75) is 18.9 Å². The topological polar surface area (TPSA) is 57.3 Å². The van der Waals surface area contributed by atoms with Crippen LogP contribution in [0.2, 0.25) is 5.02 Å². The molecule has 1 aromatic heterocycles. The molecule has 1 saturated heterocycles. The van der Waals surface area contributed by atoms with Gasteiger partial charge in [0.2, 0.25) is 0 Å². The Bertz CT molecular complexity index is 458. The van der Waals surface area contributed by atoms with Crippen molar-refractivity contribution in [1.29, 1.82) is 0 Å². The van der Waals surface area contributed by atoms with Gasteiger partial charge in [0.05, 0.1) is 10.6 Å². The minimum Gasteiger partial charge on any atom is -0.373 e. The van der Waals surface area contributed by atoms with E-state index in [-0.39, 0.29) is 11.9 Å². The second kappa shape index (κ2) is 6.21. The molecule has 104 valence electrons. The van der Waals surface area contributed by atoms with Gasteiger partial charge in [0, 0.05) is 19.3 Å². The molecule has 19 heavy (non-hydrogen) atoms. The van der Waals surface area contributed by atoms with Gasteiger partial charge in [-0.15, -0.1) is 0 Å². The number of amides is 1. The zero-order chi connectivity index (χ0) is 13.8. The lowest BCUT2D eigenvalue weighted by Gasteiger charge is -2.29. The summed E-state index contributed by atoms with van der Waals surface area (Å²) in [6.45, 7) is 2.02. The number of likely N-dealkylation sites (tertiary alicyclic amines) is 1. The van der Waals surface area contributed by atoms with E-state index in [1.165, 1.54) is 6.20 Å². The Labute approximate surface area is 118 Å². The molecular formula is C13H19ClN4O. The largest absolute Gasteiger partial charge is 0.373 e. The Morgan fingerprint density at radius 3 is 2.79 bits per heavy atom. The van der Waals surface area contributed by atoms with E-state index in [9.17, 15) is 4.79 Å². The highest BCUT2D eigenvalue weighted by Gasteiger charge is 2.20. The highest BCUT2D eigenvalue weighted by Crippen LogP contribution is 2.18. The lowest BCUT2D eigenvalue weighted by atomic mass is 10.1. The van der Waals surface area contributed by atoms with E-state index in [4.69, 9.17) is 11.6 Å². The van der Waals surface area contributed by atoms with Crippen molar-refractivity contribution in [3.8, 4) is 0 Å². The van der Waals surface area contributed by atoms with Crippen LogP contribution in [0.4, 0.5) is 5.82 Å². The maximum atomic E-state index is 12.2. The molecule has 2 heterocycles. The predicted molar refractivity (Wildman–Crippen MR) is 76.8 cm³/mol. The summed E-state index contributed by atoms with van der Waals surface area (Å²) in [7, 11) is 3.85. The van der Waals surface area contributed by atoms with Crippen LogP contribution < -0.4 is 10.6 Å². The molecule has 2 N–H and O–H groups in total. The van der Waals surface area contributed by atoms with E-state index >= 15 is 0 Å². The number of pyridine rings is 1. The SMILES string of the molecule is CNc1cc(C(=O)NC2CCN(C)CC2)c(Cl)cn1. The Hall–Kier alpha value is -1.33. The lowest BCUT2D eigenvalue weighted by molar-refractivity contribution is 0.0917. The van der Waals surface area contributed by atoms with Crippen molar-refractivity contribution in [1.82, 2.24) is 15.2 Å². The second-order valence-corrected chi connectivity index (χ2v) is 5.26. The number of aromatic nitrogens is 1. The molecule has 0 bridgehead atoms. The molecular weight excluding hydrogens is 264 g/mol. The van der Waals surface area contributed by atoms with E-state index in [1.807, 2.05) is 0 Å². The molecule has 1 aromatic rings. The summed E-state index contributed by atoms with van der Waals surface area (Å²) >= 11 is 6.03. The number of halogens is 1. The number of anilines is 1. The first-order valence-corrected chi connectivity index (χ1v) is 6.80. The number of nitrogens with zero attached hydrogens (tertiary/aromatic N) is 2. The second-order valence-electron chi connectivity index (χ2n) is 4.85. The molecule has 1 aliphatic rings.